The van der Waals surface area contributed by atoms with Crippen LogP contribution in [0.3, 0.4) is 0 Å². The van der Waals surface area contributed by atoms with Gasteiger partial charge in [0.2, 0.25) is 5.91 Å². The first-order valence-corrected chi connectivity index (χ1v) is 6.29. The Kier molecular flexibility index (Phi) is 6.27. The minimum atomic E-state index is -0.186. The van der Waals surface area contributed by atoms with Crippen LogP contribution in [0.2, 0.25) is 0 Å². The van der Waals surface area contributed by atoms with Crippen molar-refractivity contribution in [3.05, 3.63) is 24.3 Å². The summed E-state index contributed by atoms with van der Waals surface area (Å²) in [4.78, 5) is 22.9. The number of benzene rings is 1. The quantitative estimate of drug-likeness (QED) is 0.666. The summed E-state index contributed by atoms with van der Waals surface area (Å²) in [5.74, 6) is -0.102. The van der Waals surface area contributed by atoms with Crippen LogP contribution in [0.25, 0.3) is 0 Å². The second-order valence-electron chi connectivity index (χ2n) is 4.53. The maximum Gasteiger partial charge on any atom is 0.319 e. The van der Waals surface area contributed by atoms with Crippen molar-refractivity contribution in [1.29, 1.82) is 0 Å². The first-order valence-electron chi connectivity index (χ1n) is 6.29. The normalized spacial score (nSPS) is 13.1. The van der Waals surface area contributed by atoms with Crippen molar-refractivity contribution in [3.63, 3.8) is 0 Å². The van der Waals surface area contributed by atoms with E-state index in [1.807, 2.05) is 0 Å². The molecule has 0 unspecified atom stereocenters. The molecule has 0 aliphatic heterocycles. The lowest BCUT2D eigenvalue weighted by atomic mass is 10.3. The van der Waals surface area contributed by atoms with E-state index in [-0.39, 0.29) is 30.9 Å². The Morgan fingerprint density at radius 1 is 1.10 bits per heavy atom. The zero-order valence-corrected chi connectivity index (χ0v) is 12.0. The lowest BCUT2D eigenvalue weighted by Gasteiger charge is -2.08. The molecule has 6 nitrogen and oxygen atoms in total. The molecule has 4 N–H and O–H groups in total. The van der Waals surface area contributed by atoms with Gasteiger partial charge in [-0.05, 0) is 44.2 Å². The fraction of sp³-hybridized carbons (Fsp3) is 0.385. The van der Waals surface area contributed by atoms with Gasteiger partial charge in [-0.2, -0.15) is 0 Å². The van der Waals surface area contributed by atoms with Crippen LogP contribution in [-0.2, 0) is 4.79 Å². The summed E-state index contributed by atoms with van der Waals surface area (Å²) >= 11 is 0. The van der Waals surface area contributed by atoms with E-state index in [0.717, 1.165) is 12.8 Å². The number of carbonyl (C=O) groups is 2. The van der Waals surface area contributed by atoms with E-state index in [1.54, 1.807) is 31.3 Å². The van der Waals surface area contributed by atoms with Gasteiger partial charge in [0.25, 0.3) is 0 Å². The largest absolute Gasteiger partial charge is 0.335 e. The highest BCUT2D eigenvalue weighted by Crippen LogP contribution is 2.19. The van der Waals surface area contributed by atoms with Crippen molar-refractivity contribution in [3.8, 4) is 0 Å². The molecule has 0 saturated heterocycles. The second-order valence-corrected chi connectivity index (χ2v) is 4.53. The predicted octanol–water partition coefficient (Wildman–Crippen LogP) is 1.55. The molecule has 0 spiro atoms. The molecular weight excluding hydrogens is 280 g/mol. The molecular formula is C13H19ClN4O2. The molecule has 0 aromatic heterocycles. The molecule has 1 aromatic rings. The van der Waals surface area contributed by atoms with Gasteiger partial charge in [-0.15, -0.1) is 12.4 Å². The van der Waals surface area contributed by atoms with Gasteiger partial charge in [0, 0.05) is 17.4 Å². The highest BCUT2D eigenvalue weighted by molar-refractivity contribution is 5.93. The summed E-state index contributed by atoms with van der Waals surface area (Å²) in [7, 11) is 1.71. The third kappa shape index (κ3) is 5.46. The van der Waals surface area contributed by atoms with Crippen LogP contribution < -0.4 is 21.3 Å². The van der Waals surface area contributed by atoms with E-state index in [9.17, 15) is 9.59 Å². The average molecular weight is 299 g/mol. The van der Waals surface area contributed by atoms with Crippen LogP contribution in [0.15, 0.2) is 24.3 Å². The number of halogens is 1. The average Bonchev–Trinajstić information content (AvgIpc) is 3.16. The SMILES string of the molecule is CNCC(=O)Nc1ccc(NC(=O)NC2CC2)cc1.Cl. The Balaban J connectivity index is 0.00000200. The third-order valence-electron chi connectivity index (χ3n) is 2.68. The van der Waals surface area contributed by atoms with Gasteiger partial charge in [-0.1, -0.05) is 0 Å². The Hall–Kier alpha value is -1.79. The molecule has 110 valence electrons. The number of nitrogens with one attached hydrogen (secondary N) is 4. The maximum absolute atomic E-state index is 11.5. The molecule has 1 aromatic carbocycles. The Bertz CT molecular complexity index is 460. The summed E-state index contributed by atoms with van der Waals surface area (Å²) in [6, 6.07) is 7.15. The summed E-state index contributed by atoms with van der Waals surface area (Å²) in [5, 5.41) is 11.1. The van der Waals surface area contributed by atoms with Crippen LogP contribution in [0.5, 0.6) is 0 Å². The van der Waals surface area contributed by atoms with Crippen molar-refractivity contribution < 1.29 is 9.59 Å². The standard InChI is InChI=1S/C13H18N4O2.ClH/c1-14-8-12(18)15-9-2-4-10(5-3-9)16-13(19)17-11-6-7-11;/h2-5,11,14H,6-8H2,1H3,(H,15,18)(H2,16,17,19);1H. The summed E-state index contributed by atoms with van der Waals surface area (Å²) < 4.78 is 0. The molecule has 0 radical (unpaired) electrons. The Morgan fingerprint density at radius 3 is 2.15 bits per heavy atom. The molecule has 0 heterocycles. The monoisotopic (exact) mass is 298 g/mol. The number of likely N-dealkylation sites (N-methyl/N-ethyl adjacent to an activating group) is 1. The van der Waals surface area contributed by atoms with E-state index < -0.39 is 0 Å². The minimum Gasteiger partial charge on any atom is -0.335 e. The fourth-order valence-corrected chi connectivity index (χ4v) is 1.58. The number of urea groups is 1. The van der Waals surface area contributed by atoms with E-state index >= 15 is 0 Å². The zero-order chi connectivity index (χ0) is 13.7. The molecule has 2 rings (SSSR count). The third-order valence-corrected chi connectivity index (χ3v) is 2.68. The molecule has 3 amide bonds. The van der Waals surface area contributed by atoms with Crippen molar-refractivity contribution in [2.45, 2.75) is 18.9 Å². The maximum atomic E-state index is 11.5. The van der Waals surface area contributed by atoms with Gasteiger partial charge < -0.3 is 21.3 Å². The van der Waals surface area contributed by atoms with Crippen LogP contribution >= 0.6 is 12.4 Å². The molecule has 1 fully saturated rings. The minimum absolute atomic E-state index is 0. The molecule has 20 heavy (non-hydrogen) atoms. The Morgan fingerprint density at radius 2 is 1.65 bits per heavy atom. The number of hydrogen-bond donors (Lipinski definition) is 4. The first kappa shape index (κ1) is 16.3. The molecule has 7 heteroatoms. The lowest BCUT2D eigenvalue weighted by molar-refractivity contribution is -0.115. The van der Waals surface area contributed by atoms with E-state index in [2.05, 4.69) is 21.3 Å². The summed E-state index contributed by atoms with van der Waals surface area (Å²) in [5.41, 5.74) is 1.40. The molecule has 0 bridgehead atoms. The van der Waals surface area contributed by atoms with E-state index in [4.69, 9.17) is 0 Å². The van der Waals surface area contributed by atoms with Crippen molar-refractivity contribution in [2.75, 3.05) is 24.2 Å². The number of hydrogen-bond acceptors (Lipinski definition) is 3. The number of anilines is 2. The predicted molar refractivity (Wildman–Crippen MR) is 81.4 cm³/mol. The highest BCUT2D eigenvalue weighted by Gasteiger charge is 2.23. The zero-order valence-electron chi connectivity index (χ0n) is 11.2. The van der Waals surface area contributed by atoms with Gasteiger partial charge in [0.1, 0.15) is 0 Å². The number of carbonyl (C=O) groups excluding carboxylic acids is 2. The Labute approximate surface area is 124 Å². The van der Waals surface area contributed by atoms with Crippen LogP contribution in [0.4, 0.5) is 16.2 Å². The first-order chi connectivity index (χ1) is 9.17. The number of amides is 3. The molecule has 0 atom stereocenters. The molecule has 1 aliphatic rings. The van der Waals surface area contributed by atoms with Gasteiger partial charge in [-0.25, -0.2) is 4.79 Å². The van der Waals surface area contributed by atoms with E-state index in [1.165, 1.54) is 0 Å². The van der Waals surface area contributed by atoms with Crippen molar-refractivity contribution in [2.24, 2.45) is 0 Å². The van der Waals surface area contributed by atoms with Crippen molar-refractivity contribution in [1.82, 2.24) is 10.6 Å². The van der Waals surface area contributed by atoms with Crippen molar-refractivity contribution >= 4 is 35.7 Å². The van der Waals surface area contributed by atoms with Crippen LogP contribution in [0, 0.1) is 0 Å². The van der Waals surface area contributed by atoms with Gasteiger partial charge >= 0.3 is 6.03 Å². The molecule has 1 aliphatic carbocycles. The topological polar surface area (TPSA) is 82.3 Å². The van der Waals surface area contributed by atoms with Gasteiger partial charge in [0.05, 0.1) is 6.54 Å². The van der Waals surface area contributed by atoms with E-state index in [0.29, 0.717) is 17.4 Å². The van der Waals surface area contributed by atoms with Gasteiger partial charge in [-0.3, -0.25) is 4.79 Å². The summed E-state index contributed by atoms with van der Waals surface area (Å²) in [6.45, 7) is 0.268. The molecule has 1 saturated carbocycles. The summed E-state index contributed by atoms with van der Waals surface area (Å²) in [6.07, 6.45) is 2.12. The lowest BCUT2D eigenvalue weighted by Crippen LogP contribution is -2.30. The van der Waals surface area contributed by atoms with Crippen LogP contribution in [-0.4, -0.2) is 31.6 Å². The van der Waals surface area contributed by atoms with Gasteiger partial charge in [0.15, 0.2) is 0 Å². The van der Waals surface area contributed by atoms with Crippen LogP contribution in [0.1, 0.15) is 12.8 Å². The fourth-order valence-electron chi connectivity index (χ4n) is 1.58. The smallest absolute Gasteiger partial charge is 0.319 e. The second kappa shape index (κ2) is 7.72. The highest BCUT2D eigenvalue weighted by atomic mass is 35.5. The number of rotatable bonds is 5.